The van der Waals surface area contributed by atoms with E-state index in [2.05, 4.69) is 52.1 Å². The highest BCUT2D eigenvalue weighted by molar-refractivity contribution is 5.44. The number of aromatic nitrogens is 1. The van der Waals surface area contributed by atoms with Crippen molar-refractivity contribution in [2.75, 3.05) is 0 Å². The number of benzene rings is 2. The molecule has 2 nitrogen and oxygen atoms in total. The number of nitrogens with zero attached hydrogens (tertiary/aromatic N) is 2. The van der Waals surface area contributed by atoms with Crippen LogP contribution in [0.1, 0.15) is 16.8 Å². The minimum Gasteiger partial charge on any atom is -0.319 e. The van der Waals surface area contributed by atoms with Gasteiger partial charge in [0.25, 0.3) is 0 Å². The zero-order chi connectivity index (χ0) is 14.9. The summed E-state index contributed by atoms with van der Waals surface area (Å²) in [6.07, 6.45) is 2.10. The summed E-state index contributed by atoms with van der Waals surface area (Å²) in [5.41, 5.74) is 4.48. The quantitative estimate of drug-likeness (QED) is 0.689. The standard InChI is InChI=1S/C19H17FN2/c20-18-9-3-1-6-15(18)12-21-13-16-7-2-4-10-19(16)22-11-5-8-17(22)14-21/h1-11H,12-14H2. The van der Waals surface area contributed by atoms with Gasteiger partial charge in [-0.2, -0.15) is 0 Å². The van der Waals surface area contributed by atoms with E-state index >= 15 is 0 Å². The smallest absolute Gasteiger partial charge is 0.127 e. The van der Waals surface area contributed by atoms with Gasteiger partial charge in [0, 0.05) is 42.8 Å². The Morgan fingerprint density at radius 2 is 1.68 bits per heavy atom. The van der Waals surface area contributed by atoms with Gasteiger partial charge in [0.2, 0.25) is 0 Å². The third kappa shape index (κ3) is 2.34. The van der Waals surface area contributed by atoms with Crippen molar-refractivity contribution in [1.82, 2.24) is 9.47 Å². The molecule has 1 aliphatic rings. The van der Waals surface area contributed by atoms with Crippen molar-refractivity contribution in [3.63, 3.8) is 0 Å². The van der Waals surface area contributed by atoms with Crippen molar-refractivity contribution >= 4 is 0 Å². The lowest BCUT2D eigenvalue weighted by atomic mass is 10.1. The van der Waals surface area contributed by atoms with Crippen LogP contribution in [0.4, 0.5) is 4.39 Å². The SMILES string of the molecule is Fc1ccccc1CN1Cc2ccccc2-n2cccc2C1. The van der Waals surface area contributed by atoms with Gasteiger partial charge in [0.1, 0.15) is 5.82 Å². The maximum atomic E-state index is 13.9. The summed E-state index contributed by atoms with van der Waals surface area (Å²) >= 11 is 0. The molecule has 1 aromatic heterocycles. The number of para-hydroxylation sites is 1. The van der Waals surface area contributed by atoms with Crippen LogP contribution < -0.4 is 0 Å². The van der Waals surface area contributed by atoms with E-state index in [9.17, 15) is 4.39 Å². The predicted octanol–water partition coefficient (Wildman–Crippen LogP) is 4.13. The van der Waals surface area contributed by atoms with Crippen LogP contribution in [-0.4, -0.2) is 9.47 Å². The topological polar surface area (TPSA) is 8.17 Å². The summed E-state index contributed by atoms with van der Waals surface area (Å²) in [7, 11) is 0. The van der Waals surface area contributed by atoms with Crippen molar-refractivity contribution in [3.05, 3.63) is 89.5 Å². The van der Waals surface area contributed by atoms with E-state index in [1.807, 2.05) is 12.1 Å². The van der Waals surface area contributed by atoms with E-state index < -0.39 is 0 Å². The van der Waals surface area contributed by atoms with Gasteiger partial charge in [-0.05, 0) is 29.8 Å². The van der Waals surface area contributed by atoms with E-state index in [1.165, 1.54) is 23.0 Å². The molecule has 0 amide bonds. The third-order valence-electron chi connectivity index (χ3n) is 4.22. The largest absolute Gasteiger partial charge is 0.319 e. The molecule has 0 unspecified atom stereocenters. The Labute approximate surface area is 129 Å². The fraction of sp³-hybridized carbons (Fsp3) is 0.158. The second-order valence-electron chi connectivity index (χ2n) is 5.73. The lowest BCUT2D eigenvalue weighted by Crippen LogP contribution is -2.22. The molecular weight excluding hydrogens is 275 g/mol. The minimum atomic E-state index is -0.129. The first-order valence-corrected chi connectivity index (χ1v) is 7.51. The molecule has 2 heterocycles. The number of hydrogen-bond acceptors (Lipinski definition) is 1. The molecule has 110 valence electrons. The Morgan fingerprint density at radius 1 is 0.864 bits per heavy atom. The molecule has 0 spiro atoms. The summed E-state index contributed by atoms with van der Waals surface area (Å²) in [6.45, 7) is 2.26. The Morgan fingerprint density at radius 3 is 2.59 bits per heavy atom. The van der Waals surface area contributed by atoms with Gasteiger partial charge in [-0.1, -0.05) is 36.4 Å². The van der Waals surface area contributed by atoms with Crippen molar-refractivity contribution < 1.29 is 4.39 Å². The van der Waals surface area contributed by atoms with E-state index in [4.69, 9.17) is 0 Å². The molecular formula is C19H17FN2. The highest BCUT2D eigenvalue weighted by Gasteiger charge is 2.19. The Hall–Kier alpha value is -2.39. The summed E-state index contributed by atoms with van der Waals surface area (Å²) in [4.78, 5) is 2.29. The molecule has 1 aliphatic heterocycles. The van der Waals surface area contributed by atoms with Gasteiger partial charge in [0.05, 0.1) is 0 Å². The number of rotatable bonds is 2. The Balaban J connectivity index is 1.71. The van der Waals surface area contributed by atoms with Crippen molar-refractivity contribution in [2.24, 2.45) is 0 Å². The highest BCUT2D eigenvalue weighted by atomic mass is 19.1. The maximum Gasteiger partial charge on any atom is 0.127 e. The molecule has 0 fully saturated rings. The van der Waals surface area contributed by atoms with E-state index in [0.29, 0.717) is 6.54 Å². The first-order chi connectivity index (χ1) is 10.8. The van der Waals surface area contributed by atoms with Gasteiger partial charge in [-0.25, -0.2) is 4.39 Å². The molecule has 0 saturated heterocycles. The summed E-state index contributed by atoms with van der Waals surface area (Å²) in [5.74, 6) is -0.129. The van der Waals surface area contributed by atoms with Gasteiger partial charge < -0.3 is 4.57 Å². The van der Waals surface area contributed by atoms with E-state index in [1.54, 1.807) is 6.07 Å². The van der Waals surface area contributed by atoms with Crippen LogP contribution in [0.15, 0.2) is 66.9 Å². The van der Waals surface area contributed by atoms with Crippen LogP contribution in [0.2, 0.25) is 0 Å². The molecule has 22 heavy (non-hydrogen) atoms. The average molecular weight is 292 g/mol. The van der Waals surface area contributed by atoms with Crippen LogP contribution in [0.3, 0.4) is 0 Å². The zero-order valence-corrected chi connectivity index (χ0v) is 12.2. The molecule has 2 aromatic carbocycles. The molecule has 3 aromatic rings. The van der Waals surface area contributed by atoms with Crippen LogP contribution in [0.5, 0.6) is 0 Å². The van der Waals surface area contributed by atoms with Crippen molar-refractivity contribution in [1.29, 1.82) is 0 Å². The molecule has 0 aliphatic carbocycles. The Bertz CT molecular complexity index is 806. The highest BCUT2D eigenvalue weighted by Crippen LogP contribution is 2.26. The third-order valence-corrected chi connectivity index (χ3v) is 4.22. The van der Waals surface area contributed by atoms with Crippen LogP contribution in [-0.2, 0) is 19.6 Å². The van der Waals surface area contributed by atoms with Crippen molar-refractivity contribution in [2.45, 2.75) is 19.6 Å². The summed E-state index contributed by atoms with van der Waals surface area (Å²) in [6, 6.07) is 19.7. The molecule has 0 N–H and O–H groups in total. The van der Waals surface area contributed by atoms with Crippen LogP contribution in [0.25, 0.3) is 5.69 Å². The normalized spacial score (nSPS) is 14.2. The van der Waals surface area contributed by atoms with Gasteiger partial charge >= 0.3 is 0 Å². The first kappa shape index (κ1) is 13.3. The summed E-state index contributed by atoms with van der Waals surface area (Å²) in [5, 5.41) is 0. The maximum absolute atomic E-state index is 13.9. The fourth-order valence-electron chi connectivity index (χ4n) is 3.16. The summed E-state index contributed by atoms with van der Waals surface area (Å²) < 4.78 is 16.2. The van der Waals surface area contributed by atoms with Crippen LogP contribution >= 0.6 is 0 Å². The van der Waals surface area contributed by atoms with Gasteiger partial charge in [-0.3, -0.25) is 4.90 Å². The molecule has 0 radical (unpaired) electrons. The van der Waals surface area contributed by atoms with Gasteiger partial charge in [-0.15, -0.1) is 0 Å². The lowest BCUT2D eigenvalue weighted by molar-refractivity contribution is 0.245. The van der Waals surface area contributed by atoms with Crippen LogP contribution in [0, 0.1) is 5.82 Å². The van der Waals surface area contributed by atoms with E-state index in [0.717, 1.165) is 18.7 Å². The number of fused-ring (bicyclic) bond motifs is 3. The first-order valence-electron chi connectivity index (χ1n) is 7.51. The zero-order valence-electron chi connectivity index (χ0n) is 12.2. The van der Waals surface area contributed by atoms with Gasteiger partial charge in [0.15, 0.2) is 0 Å². The molecule has 4 rings (SSSR count). The second-order valence-corrected chi connectivity index (χ2v) is 5.73. The fourth-order valence-corrected chi connectivity index (χ4v) is 3.16. The number of halogens is 1. The predicted molar refractivity (Wildman–Crippen MR) is 85.1 cm³/mol. The molecule has 0 saturated carbocycles. The minimum absolute atomic E-state index is 0.129. The average Bonchev–Trinajstić information content (AvgIpc) is 2.92. The Kier molecular flexibility index (Phi) is 3.28. The lowest BCUT2D eigenvalue weighted by Gasteiger charge is -2.20. The molecule has 0 bridgehead atoms. The molecule has 3 heteroatoms. The van der Waals surface area contributed by atoms with Crippen molar-refractivity contribution in [3.8, 4) is 5.69 Å². The molecule has 0 atom stereocenters. The number of hydrogen-bond donors (Lipinski definition) is 0. The second kappa shape index (κ2) is 5.43. The van der Waals surface area contributed by atoms with E-state index in [-0.39, 0.29) is 5.82 Å². The monoisotopic (exact) mass is 292 g/mol.